The molecule has 196 valence electrons. The summed E-state index contributed by atoms with van der Waals surface area (Å²) >= 11 is 3.55. The van der Waals surface area contributed by atoms with Crippen molar-refractivity contribution in [3.63, 3.8) is 0 Å². The van der Waals surface area contributed by atoms with Crippen molar-refractivity contribution in [1.82, 2.24) is 19.8 Å². The van der Waals surface area contributed by atoms with Crippen molar-refractivity contribution in [3.8, 4) is 6.07 Å². The van der Waals surface area contributed by atoms with E-state index in [1.165, 1.54) is 18.4 Å². The third-order valence-electron chi connectivity index (χ3n) is 7.95. The van der Waals surface area contributed by atoms with Gasteiger partial charge in [-0.1, -0.05) is 31.0 Å². The quantitative estimate of drug-likeness (QED) is 0.442. The number of hydrogen-bond donors (Lipinski definition) is 0. The van der Waals surface area contributed by atoms with Crippen LogP contribution in [0.4, 0.5) is 5.82 Å². The summed E-state index contributed by atoms with van der Waals surface area (Å²) in [5.74, 6) is 0.822. The summed E-state index contributed by atoms with van der Waals surface area (Å²) in [4.78, 5) is 29.2. The highest BCUT2D eigenvalue weighted by molar-refractivity contribution is 9.10. The molecule has 0 N–H and O–H groups in total. The minimum Gasteiger partial charge on any atom is -0.379 e. The summed E-state index contributed by atoms with van der Waals surface area (Å²) in [6, 6.07) is 11.0. The Kier molecular flexibility index (Phi) is 8.82. The summed E-state index contributed by atoms with van der Waals surface area (Å²) in [6.45, 7) is 7.08. The minimum absolute atomic E-state index is 0.0730. The van der Waals surface area contributed by atoms with E-state index in [0.717, 1.165) is 77.2 Å². The summed E-state index contributed by atoms with van der Waals surface area (Å²) in [5, 5.41) is 9.32. The number of nitriles is 1. The molecule has 37 heavy (non-hydrogen) atoms. The highest BCUT2D eigenvalue weighted by Crippen LogP contribution is 2.32. The largest absolute Gasteiger partial charge is 0.379 e. The van der Waals surface area contributed by atoms with Crippen molar-refractivity contribution in [2.24, 2.45) is 0 Å². The molecule has 5 rings (SSSR count). The van der Waals surface area contributed by atoms with Gasteiger partial charge in [0.15, 0.2) is 5.78 Å². The van der Waals surface area contributed by atoms with E-state index >= 15 is 0 Å². The number of benzene rings is 1. The Morgan fingerprint density at radius 3 is 2.62 bits per heavy atom. The molecule has 3 heterocycles. The number of morpholine rings is 1. The van der Waals surface area contributed by atoms with Crippen molar-refractivity contribution in [3.05, 3.63) is 51.9 Å². The van der Waals surface area contributed by atoms with Gasteiger partial charge in [0.2, 0.25) is 5.82 Å². The first-order valence-corrected chi connectivity index (χ1v) is 14.3. The fourth-order valence-electron chi connectivity index (χ4n) is 5.94. The molecular formula is C28H35BrN6O2. The number of rotatable bonds is 8. The van der Waals surface area contributed by atoms with Gasteiger partial charge < -0.3 is 9.64 Å². The topological polar surface area (TPSA) is 85.6 Å². The summed E-state index contributed by atoms with van der Waals surface area (Å²) in [7, 11) is 0. The molecule has 3 aliphatic rings. The second-order valence-corrected chi connectivity index (χ2v) is 11.2. The number of likely N-dealkylation sites (tertiary alicyclic amines) is 1. The average molecular weight is 568 g/mol. The molecule has 3 fully saturated rings. The molecule has 1 saturated carbocycles. The number of piperidine rings is 1. The van der Waals surface area contributed by atoms with Gasteiger partial charge in [0.05, 0.1) is 24.2 Å². The van der Waals surface area contributed by atoms with Crippen LogP contribution in [0.2, 0.25) is 0 Å². The standard InChI is InChI=1S/C28H35BrN6O2/c29-25-18-31-27(17-30)32-28(25)35(24-6-1-2-7-24)20-26(36)22-5-3-4-21(16-22)19-33-10-8-23(9-11-33)34-12-14-37-15-13-34/h3-5,16,18,23-24H,1-2,6-15,19-20H2. The number of aromatic nitrogens is 2. The average Bonchev–Trinajstić information content (AvgIpc) is 3.48. The van der Waals surface area contributed by atoms with E-state index in [2.05, 4.69) is 52.7 Å². The normalized spacial score (nSPS) is 20.1. The molecule has 0 radical (unpaired) electrons. The van der Waals surface area contributed by atoms with E-state index in [9.17, 15) is 10.1 Å². The first-order valence-electron chi connectivity index (χ1n) is 13.5. The van der Waals surface area contributed by atoms with Crippen LogP contribution in [0.5, 0.6) is 0 Å². The molecule has 9 heteroatoms. The molecule has 0 atom stereocenters. The molecule has 2 saturated heterocycles. The SMILES string of the molecule is N#Cc1ncc(Br)c(N(CC(=O)c2cccc(CN3CCC(N4CCOCC4)CC3)c2)C2CCCC2)n1. The van der Waals surface area contributed by atoms with Crippen molar-refractivity contribution < 1.29 is 9.53 Å². The van der Waals surface area contributed by atoms with Gasteiger partial charge in [-0.25, -0.2) is 9.97 Å². The zero-order valence-corrected chi connectivity index (χ0v) is 22.9. The number of Topliss-reactive ketones (excluding diaryl/α,β-unsaturated/α-hetero) is 1. The third-order valence-corrected chi connectivity index (χ3v) is 8.51. The van der Waals surface area contributed by atoms with Crippen molar-refractivity contribution in [2.75, 3.05) is 50.8 Å². The number of nitrogens with zero attached hydrogens (tertiary/aromatic N) is 6. The third kappa shape index (κ3) is 6.55. The van der Waals surface area contributed by atoms with E-state index in [4.69, 9.17) is 4.74 Å². The van der Waals surface area contributed by atoms with Gasteiger partial charge >= 0.3 is 0 Å². The van der Waals surface area contributed by atoms with Crippen LogP contribution in [0.1, 0.15) is 60.3 Å². The summed E-state index contributed by atoms with van der Waals surface area (Å²) < 4.78 is 6.22. The van der Waals surface area contributed by atoms with E-state index in [1.54, 1.807) is 6.20 Å². The maximum absolute atomic E-state index is 13.5. The number of hydrogen-bond acceptors (Lipinski definition) is 8. The number of anilines is 1. The fourth-order valence-corrected chi connectivity index (χ4v) is 6.36. The molecule has 0 spiro atoms. The Bertz CT molecular complexity index is 1120. The van der Waals surface area contributed by atoms with E-state index < -0.39 is 0 Å². The van der Waals surface area contributed by atoms with Crippen LogP contribution in [0.25, 0.3) is 0 Å². The van der Waals surface area contributed by atoms with Crippen LogP contribution in [0.15, 0.2) is 34.9 Å². The molecule has 8 nitrogen and oxygen atoms in total. The van der Waals surface area contributed by atoms with Crippen molar-refractivity contribution >= 4 is 27.5 Å². The van der Waals surface area contributed by atoms with Crippen LogP contribution in [0.3, 0.4) is 0 Å². The lowest BCUT2D eigenvalue weighted by atomic mass is 10.0. The van der Waals surface area contributed by atoms with Crippen LogP contribution in [-0.4, -0.2) is 83.6 Å². The number of carbonyl (C=O) groups excluding carboxylic acids is 1. The van der Waals surface area contributed by atoms with Crippen LogP contribution in [0, 0.1) is 11.3 Å². The van der Waals surface area contributed by atoms with Crippen LogP contribution >= 0.6 is 15.9 Å². The Morgan fingerprint density at radius 1 is 1.14 bits per heavy atom. The highest BCUT2D eigenvalue weighted by atomic mass is 79.9. The van der Waals surface area contributed by atoms with Crippen molar-refractivity contribution in [2.45, 2.75) is 57.2 Å². The number of halogens is 1. The Labute approximate surface area is 227 Å². The second kappa shape index (κ2) is 12.4. The lowest BCUT2D eigenvalue weighted by Gasteiger charge is -2.40. The fraction of sp³-hybridized carbons (Fsp3) is 0.571. The second-order valence-electron chi connectivity index (χ2n) is 10.3. The van der Waals surface area contributed by atoms with E-state index in [-0.39, 0.29) is 24.2 Å². The van der Waals surface area contributed by atoms with Gasteiger partial charge in [0, 0.05) is 43.5 Å². The number of ketones is 1. The number of ether oxygens (including phenoxy) is 1. The molecule has 2 aliphatic heterocycles. The number of carbonyl (C=O) groups is 1. The molecule has 1 aromatic carbocycles. The molecule has 0 unspecified atom stereocenters. The monoisotopic (exact) mass is 566 g/mol. The van der Waals surface area contributed by atoms with Gasteiger partial charge in [0.1, 0.15) is 11.9 Å². The maximum Gasteiger partial charge on any atom is 0.234 e. The Balaban J connectivity index is 1.24. The lowest BCUT2D eigenvalue weighted by Crippen LogP contribution is -2.48. The highest BCUT2D eigenvalue weighted by Gasteiger charge is 2.29. The lowest BCUT2D eigenvalue weighted by molar-refractivity contribution is 0.000229. The minimum atomic E-state index is 0.0730. The molecule has 2 aromatic rings. The Morgan fingerprint density at radius 2 is 1.89 bits per heavy atom. The van der Waals surface area contributed by atoms with Crippen molar-refractivity contribution in [1.29, 1.82) is 5.26 Å². The zero-order chi connectivity index (χ0) is 25.6. The van der Waals surface area contributed by atoms with E-state index in [1.807, 2.05) is 18.2 Å². The predicted octanol–water partition coefficient (Wildman–Crippen LogP) is 4.04. The molecule has 0 amide bonds. The molecule has 0 bridgehead atoms. The van der Waals surface area contributed by atoms with E-state index in [0.29, 0.717) is 16.3 Å². The van der Waals surface area contributed by atoms with Gasteiger partial charge in [-0.05, 0) is 66.3 Å². The smallest absolute Gasteiger partial charge is 0.234 e. The maximum atomic E-state index is 13.5. The summed E-state index contributed by atoms with van der Waals surface area (Å²) in [6.07, 6.45) is 8.30. The Hall–Kier alpha value is -2.38. The predicted molar refractivity (Wildman–Crippen MR) is 146 cm³/mol. The first-order chi connectivity index (χ1) is 18.1. The molecule has 1 aromatic heterocycles. The molecular weight excluding hydrogens is 532 g/mol. The zero-order valence-electron chi connectivity index (χ0n) is 21.3. The van der Waals surface area contributed by atoms with Crippen LogP contribution in [-0.2, 0) is 11.3 Å². The first kappa shape index (κ1) is 26.2. The van der Waals surface area contributed by atoms with Gasteiger partial charge in [-0.3, -0.25) is 14.6 Å². The van der Waals surface area contributed by atoms with Gasteiger partial charge in [-0.2, -0.15) is 5.26 Å². The summed E-state index contributed by atoms with van der Waals surface area (Å²) in [5.41, 5.74) is 1.91. The van der Waals surface area contributed by atoms with Crippen LogP contribution < -0.4 is 4.90 Å². The van der Waals surface area contributed by atoms with Gasteiger partial charge in [0.25, 0.3) is 0 Å². The van der Waals surface area contributed by atoms with Gasteiger partial charge in [-0.15, -0.1) is 0 Å². The molecule has 1 aliphatic carbocycles.